The van der Waals surface area contributed by atoms with E-state index in [0.717, 1.165) is 22.0 Å². The normalized spacial score (nSPS) is 10.8. The van der Waals surface area contributed by atoms with Crippen LogP contribution in [0.25, 0.3) is 22.2 Å². The molecule has 1 aromatic heterocycles. The first-order valence-corrected chi connectivity index (χ1v) is 8.41. The Hall–Kier alpha value is -3.54. The molecule has 0 atom stereocenters. The van der Waals surface area contributed by atoms with E-state index in [-0.39, 0.29) is 5.91 Å². The maximum absolute atomic E-state index is 12.7. The molecule has 26 heavy (non-hydrogen) atoms. The van der Waals surface area contributed by atoms with Gasteiger partial charge in [0.25, 0.3) is 5.91 Å². The van der Waals surface area contributed by atoms with E-state index in [4.69, 9.17) is 0 Å². The molecule has 0 fully saturated rings. The highest BCUT2D eigenvalue weighted by Crippen LogP contribution is 2.21. The highest BCUT2D eigenvalue weighted by molar-refractivity contribution is 6.05. The molecule has 4 aromatic rings. The average molecular weight is 343 g/mol. The van der Waals surface area contributed by atoms with Crippen LogP contribution in [0.1, 0.15) is 17.3 Å². The van der Waals surface area contributed by atoms with Crippen LogP contribution in [0.3, 0.4) is 0 Å². The molecule has 0 aliphatic carbocycles. The van der Waals surface area contributed by atoms with Crippen LogP contribution in [0.5, 0.6) is 0 Å². The highest BCUT2D eigenvalue weighted by atomic mass is 16.1. The van der Waals surface area contributed by atoms with Crippen molar-refractivity contribution in [3.63, 3.8) is 0 Å². The summed E-state index contributed by atoms with van der Waals surface area (Å²) in [7, 11) is 0. The minimum absolute atomic E-state index is 0.169. The summed E-state index contributed by atoms with van der Waals surface area (Å²) < 4.78 is 1.69. The Labute approximate surface area is 150 Å². The van der Waals surface area contributed by atoms with Gasteiger partial charge in [0.2, 0.25) is 0 Å². The van der Waals surface area contributed by atoms with Crippen molar-refractivity contribution in [3.05, 3.63) is 72.3 Å². The molecule has 4 rings (SSSR count). The minimum Gasteiger partial charge on any atom is -0.322 e. The molecular weight excluding hydrogens is 326 g/mol. The Morgan fingerprint density at radius 2 is 1.85 bits per heavy atom. The Kier molecular flexibility index (Phi) is 4.15. The third-order valence-electron chi connectivity index (χ3n) is 4.22. The molecule has 6 nitrogen and oxygen atoms in total. The number of carbonyl (C=O) groups excluding carboxylic acids is 1. The maximum atomic E-state index is 12.7. The molecule has 0 aliphatic heterocycles. The predicted octanol–water partition coefficient (Wildman–Crippen LogP) is 3.77. The lowest BCUT2D eigenvalue weighted by Crippen LogP contribution is -2.12. The first-order chi connectivity index (χ1) is 12.7. The third kappa shape index (κ3) is 3.04. The van der Waals surface area contributed by atoms with Gasteiger partial charge in [-0.05, 0) is 52.4 Å². The molecular formula is C20H17N5O. The van der Waals surface area contributed by atoms with Crippen LogP contribution in [0.4, 0.5) is 5.69 Å². The van der Waals surface area contributed by atoms with E-state index < -0.39 is 0 Å². The molecule has 128 valence electrons. The molecule has 1 N–H and O–H groups in total. The van der Waals surface area contributed by atoms with Crippen LogP contribution in [0.2, 0.25) is 0 Å². The summed E-state index contributed by atoms with van der Waals surface area (Å²) in [5.41, 5.74) is 2.13. The number of tetrazole rings is 1. The van der Waals surface area contributed by atoms with Gasteiger partial charge in [0, 0.05) is 23.4 Å². The SMILES string of the molecule is CCn1nnnc1-c1cccc(C(=O)Nc2ccc3ccccc3c2)c1. The second-order valence-corrected chi connectivity index (χ2v) is 5.92. The van der Waals surface area contributed by atoms with Crippen molar-refractivity contribution in [2.75, 3.05) is 5.32 Å². The van der Waals surface area contributed by atoms with Crippen molar-refractivity contribution in [2.24, 2.45) is 0 Å². The largest absolute Gasteiger partial charge is 0.322 e. The Morgan fingerprint density at radius 3 is 2.69 bits per heavy atom. The lowest BCUT2D eigenvalue weighted by atomic mass is 10.1. The standard InChI is InChI=1S/C20H17N5O/c1-2-25-19(22-23-24-25)16-8-5-9-17(12-16)20(26)21-18-11-10-14-6-3-4-7-15(14)13-18/h3-13H,2H2,1H3,(H,21,26). The number of fused-ring (bicyclic) bond motifs is 1. The number of aromatic nitrogens is 4. The van der Waals surface area contributed by atoms with Gasteiger partial charge in [-0.3, -0.25) is 4.79 Å². The van der Waals surface area contributed by atoms with Crippen molar-refractivity contribution in [1.82, 2.24) is 20.2 Å². The smallest absolute Gasteiger partial charge is 0.255 e. The van der Waals surface area contributed by atoms with Crippen LogP contribution >= 0.6 is 0 Å². The molecule has 0 unspecified atom stereocenters. The number of amides is 1. The monoisotopic (exact) mass is 343 g/mol. The van der Waals surface area contributed by atoms with Crippen molar-refractivity contribution in [1.29, 1.82) is 0 Å². The molecule has 0 aliphatic rings. The average Bonchev–Trinajstić information content (AvgIpc) is 3.17. The molecule has 0 radical (unpaired) electrons. The number of rotatable bonds is 4. The maximum Gasteiger partial charge on any atom is 0.255 e. The molecule has 6 heteroatoms. The molecule has 3 aromatic carbocycles. The molecule has 0 saturated carbocycles. The summed E-state index contributed by atoms with van der Waals surface area (Å²) in [6.07, 6.45) is 0. The van der Waals surface area contributed by atoms with Crippen molar-refractivity contribution >= 4 is 22.4 Å². The number of anilines is 1. The molecule has 0 bridgehead atoms. The van der Waals surface area contributed by atoms with E-state index >= 15 is 0 Å². The zero-order valence-electron chi connectivity index (χ0n) is 14.3. The molecule has 0 spiro atoms. The summed E-state index contributed by atoms with van der Waals surface area (Å²) in [4.78, 5) is 12.7. The van der Waals surface area contributed by atoms with E-state index in [1.54, 1.807) is 16.8 Å². The van der Waals surface area contributed by atoms with Gasteiger partial charge in [0.1, 0.15) is 0 Å². The Morgan fingerprint density at radius 1 is 1.00 bits per heavy atom. The summed E-state index contributed by atoms with van der Waals surface area (Å²) in [6, 6.07) is 21.2. The second-order valence-electron chi connectivity index (χ2n) is 5.92. The number of hydrogen-bond donors (Lipinski definition) is 1. The van der Waals surface area contributed by atoms with Gasteiger partial charge in [0.15, 0.2) is 5.82 Å². The van der Waals surface area contributed by atoms with Crippen molar-refractivity contribution < 1.29 is 4.79 Å². The number of nitrogens with one attached hydrogen (secondary N) is 1. The number of aryl methyl sites for hydroxylation is 1. The van der Waals surface area contributed by atoms with Crippen LogP contribution in [-0.4, -0.2) is 26.1 Å². The fourth-order valence-corrected chi connectivity index (χ4v) is 2.89. The zero-order chi connectivity index (χ0) is 17.9. The lowest BCUT2D eigenvalue weighted by molar-refractivity contribution is 0.102. The Balaban J connectivity index is 1.60. The lowest BCUT2D eigenvalue weighted by Gasteiger charge is -2.08. The summed E-state index contributed by atoms with van der Waals surface area (Å²) in [6.45, 7) is 2.63. The summed E-state index contributed by atoms with van der Waals surface area (Å²) in [5.74, 6) is 0.477. The van der Waals surface area contributed by atoms with E-state index in [0.29, 0.717) is 17.9 Å². The van der Waals surface area contributed by atoms with Crippen molar-refractivity contribution in [3.8, 4) is 11.4 Å². The van der Waals surface area contributed by atoms with E-state index in [9.17, 15) is 4.79 Å². The van der Waals surface area contributed by atoms with Crippen LogP contribution in [-0.2, 0) is 6.54 Å². The van der Waals surface area contributed by atoms with Gasteiger partial charge >= 0.3 is 0 Å². The minimum atomic E-state index is -0.169. The van der Waals surface area contributed by atoms with Gasteiger partial charge < -0.3 is 5.32 Å². The fraction of sp³-hybridized carbons (Fsp3) is 0.100. The number of hydrogen-bond acceptors (Lipinski definition) is 4. The summed E-state index contributed by atoms with van der Waals surface area (Å²) >= 11 is 0. The first kappa shape index (κ1) is 16.0. The van der Waals surface area contributed by atoms with Gasteiger partial charge in [0.05, 0.1) is 0 Å². The second kappa shape index (κ2) is 6.76. The van der Waals surface area contributed by atoms with Crippen LogP contribution < -0.4 is 5.32 Å². The quantitative estimate of drug-likeness (QED) is 0.612. The number of benzene rings is 3. The number of nitrogens with zero attached hydrogens (tertiary/aromatic N) is 4. The molecule has 1 heterocycles. The molecule has 0 saturated heterocycles. The highest BCUT2D eigenvalue weighted by Gasteiger charge is 2.12. The predicted molar refractivity (Wildman–Crippen MR) is 101 cm³/mol. The van der Waals surface area contributed by atoms with E-state index in [1.807, 2.05) is 61.5 Å². The van der Waals surface area contributed by atoms with Crippen LogP contribution in [0, 0.1) is 0 Å². The van der Waals surface area contributed by atoms with Crippen molar-refractivity contribution in [2.45, 2.75) is 13.5 Å². The van der Waals surface area contributed by atoms with E-state index in [1.165, 1.54) is 0 Å². The topological polar surface area (TPSA) is 72.7 Å². The number of carbonyl (C=O) groups is 1. The summed E-state index contributed by atoms with van der Waals surface area (Å²) in [5, 5.41) is 16.9. The molecule has 1 amide bonds. The third-order valence-corrected chi connectivity index (χ3v) is 4.22. The van der Waals surface area contributed by atoms with E-state index in [2.05, 4.69) is 20.8 Å². The van der Waals surface area contributed by atoms with Gasteiger partial charge in [-0.2, -0.15) is 0 Å². The fourth-order valence-electron chi connectivity index (χ4n) is 2.89. The Bertz CT molecular complexity index is 1090. The van der Waals surface area contributed by atoms with Gasteiger partial charge in [-0.15, -0.1) is 5.10 Å². The zero-order valence-corrected chi connectivity index (χ0v) is 14.3. The van der Waals surface area contributed by atoms with Crippen LogP contribution in [0.15, 0.2) is 66.7 Å². The first-order valence-electron chi connectivity index (χ1n) is 8.41. The van der Waals surface area contributed by atoms with Gasteiger partial charge in [-0.1, -0.05) is 42.5 Å². The van der Waals surface area contributed by atoms with Gasteiger partial charge in [-0.25, -0.2) is 4.68 Å².